The van der Waals surface area contributed by atoms with E-state index >= 15 is 0 Å². The summed E-state index contributed by atoms with van der Waals surface area (Å²) in [6.07, 6.45) is 0. The van der Waals surface area contributed by atoms with Crippen LogP contribution in [0.5, 0.6) is 17.2 Å². The fourth-order valence-corrected chi connectivity index (χ4v) is 3.35. The minimum Gasteiger partial charge on any atom is -0.496 e. The monoisotopic (exact) mass is 408 g/mol. The van der Waals surface area contributed by atoms with Gasteiger partial charge < -0.3 is 9.47 Å². The van der Waals surface area contributed by atoms with Crippen LogP contribution in [0, 0.1) is 0 Å². The highest BCUT2D eigenvalue weighted by molar-refractivity contribution is 6.37. The van der Waals surface area contributed by atoms with Crippen LogP contribution in [0.1, 0.15) is 25.3 Å². The average molecular weight is 409 g/mol. The molecule has 1 saturated heterocycles. The highest BCUT2D eigenvalue weighted by Gasteiger charge is 2.29. The van der Waals surface area contributed by atoms with Crippen molar-refractivity contribution in [3.05, 3.63) is 45.9 Å². The first-order valence-corrected chi connectivity index (χ1v) is 9.02. The van der Waals surface area contributed by atoms with Crippen molar-refractivity contribution in [2.75, 3.05) is 18.6 Å². The van der Waals surface area contributed by atoms with Gasteiger partial charge in [0.25, 0.3) is 0 Å². The number of methoxy groups -OCH3 is 1. The fourth-order valence-electron chi connectivity index (χ4n) is 2.80. The molecule has 1 aliphatic heterocycles. The van der Waals surface area contributed by atoms with E-state index in [-0.39, 0.29) is 34.2 Å². The standard InChI is InChI=1S/C19H18Cl2N2O4/c1-10(2)13-8-12(4-5-16(13)26-3)27-18-14(20)6-11(7-15(18)21)23-9-17(24)22-19(23)25/h4-8,10H,9H2,1-3H3,(H,22,24,25). The van der Waals surface area contributed by atoms with Crippen molar-refractivity contribution in [2.45, 2.75) is 19.8 Å². The lowest BCUT2D eigenvalue weighted by Gasteiger charge is -2.18. The number of halogens is 2. The Hall–Kier alpha value is -2.44. The molecular weight excluding hydrogens is 391 g/mol. The first-order valence-electron chi connectivity index (χ1n) is 8.26. The molecule has 1 aliphatic rings. The van der Waals surface area contributed by atoms with Crippen molar-refractivity contribution < 1.29 is 19.1 Å². The summed E-state index contributed by atoms with van der Waals surface area (Å²) in [6, 6.07) is 8.01. The third-order valence-corrected chi connectivity index (χ3v) is 4.69. The molecule has 0 aromatic heterocycles. The molecule has 1 heterocycles. The Morgan fingerprint density at radius 3 is 2.30 bits per heavy atom. The average Bonchev–Trinajstić information content (AvgIpc) is 2.96. The fraction of sp³-hybridized carbons (Fsp3) is 0.263. The zero-order valence-electron chi connectivity index (χ0n) is 15.0. The Kier molecular flexibility index (Phi) is 5.48. The summed E-state index contributed by atoms with van der Waals surface area (Å²) >= 11 is 12.7. The highest BCUT2D eigenvalue weighted by Crippen LogP contribution is 2.41. The number of carbonyl (C=O) groups excluding carboxylic acids is 2. The van der Waals surface area contributed by atoms with Crippen LogP contribution in [-0.2, 0) is 4.79 Å². The number of amides is 3. The van der Waals surface area contributed by atoms with Gasteiger partial charge in [-0.1, -0.05) is 37.0 Å². The van der Waals surface area contributed by atoms with Crippen molar-refractivity contribution in [3.63, 3.8) is 0 Å². The molecule has 3 rings (SSSR count). The van der Waals surface area contributed by atoms with Gasteiger partial charge in [0.1, 0.15) is 18.0 Å². The molecule has 0 atom stereocenters. The number of nitrogens with one attached hydrogen (secondary N) is 1. The summed E-state index contributed by atoms with van der Waals surface area (Å²) in [5.41, 5.74) is 1.41. The van der Waals surface area contributed by atoms with Crippen molar-refractivity contribution in [2.24, 2.45) is 0 Å². The number of imide groups is 1. The zero-order chi connectivity index (χ0) is 19.7. The van der Waals surface area contributed by atoms with E-state index in [2.05, 4.69) is 19.2 Å². The summed E-state index contributed by atoms with van der Waals surface area (Å²) in [5, 5.41) is 2.66. The van der Waals surface area contributed by atoms with E-state index in [9.17, 15) is 9.59 Å². The maximum atomic E-state index is 11.8. The zero-order valence-corrected chi connectivity index (χ0v) is 16.5. The van der Waals surface area contributed by atoms with Crippen molar-refractivity contribution >= 4 is 40.8 Å². The van der Waals surface area contributed by atoms with E-state index in [1.807, 2.05) is 12.1 Å². The molecule has 1 fully saturated rings. The van der Waals surface area contributed by atoms with Gasteiger partial charge in [0, 0.05) is 11.3 Å². The molecule has 0 bridgehead atoms. The molecule has 0 aliphatic carbocycles. The van der Waals surface area contributed by atoms with Crippen molar-refractivity contribution in [1.29, 1.82) is 0 Å². The minimum atomic E-state index is -0.516. The van der Waals surface area contributed by atoms with Crippen molar-refractivity contribution in [3.8, 4) is 17.2 Å². The summed E-state index contributed by atoms with van der Waals surface area (Å²) < 4.78 is 11.3. The SMILES string of the molecule is COc1ccc(Oc2c(Cl)cc(N3CC(=O)NC3=O)cc2Cl)cc1C(C)C. The molecule has 2 aromatic carbocycles. The minimum absolute atomic E-state index is 0.0814. The predicted octanol–water partition coefficient (Wildman–Crippen LogP) is 4.97. The highest BCUT2D eigenvalue weighted by atomic mass is 35.5. The second kappa shape index (κ2) is 7.66. The van der Waals surface area contributed by atoms with Gasteiger partial charge in [-0.3, -0.25) is 15.0 Å². The molecule has 1 N–H and O–H groups in total. The molecule has 0 unspecified atom stereocenters. The van der Waals surface area contributed by atoms with E-state index in [1.54, 1.807) is 13.2 Å². The van der Waals surface area contributed by atoms with Gasteiger partial charge in [0.05, 0.1) is 17.2 Å². The number of hydrogen-bond acceptors (Lipinski definition) is 4. The van der Waals surface area contributed by atoms with Crippen molar-refractivity contribution in [1.82, 2.24) is 5.32 Å². The van der Waals surface area contributed by atoms with Crippen LogP contribution in [0.4, 0.5) is 10.5 Å². The molecule has 142 valence electrons. The Bertz CT molecular complexity index is 892. The summed E-state index contributed by atoms with van der Waals surface area (Å²) in [5.74, 6) is 1.46. The Balaban J connectivity index is 1.91. The van der Waals surface area contributed by atoms with Crippen LogP contribution < -0.4 is 19.7 Å². The van der Waals surface area contributed by atoms with Crippen LogP contribution >= 0.6 is 23.2 Å². The number of benzene rings is 2. The number of ether oxygens (including phenoxy) is 2. The number of rotatable bonds is 5. The molecule has 0 spiro atoms. The number of nitrogens with zero attached hydrogens (tertiary/aromatic N) is 1. The van der Waals surface area contributed by atoms with E-state index in [4.69, 9.17) is 32.7 Å². The van der Waals surface area contributed by atoms with Gasteiger partial charge in [-0.2, -0.15) is 0 Å². The lowest BCUT2D eigenvalue weighted by atomic mass is 10.0. The smallest absolute Gasteiger partial charge is 0.329 e. The summed E-state index contributed by atoms with van der Waals surface area (Å²) in [7, 11) is 1.62. The van der Waals surface area contributed by atoms with Gasteiger partial charge in [-0.15, -0.1) is 0 Å². The molecule has 3 amide bonds. The molecule has 6 nitrogen and oxygen atoms in total. The first kappa shape index (κ1) is 19.3. The van der Waals surface area contributed by atoms with E-state index in [1.165, 1.54) is 17.0 Å². The van der Waals surface area contributed by atoms with Gasteiger partial charge in [-0.05, 0) is 36.2 Å². The Labute approximate surface area is 167 Å². The van der Waals surface area contributed by atoms with Gasteiger partial charge in [0.2, 0.25) is 5.91 Å². The molecule has 27 heavy (non-hydrogen) atoms. The second-order valence-corrected chi connectivity index (χ2v) is 7.15. The van der Waals surface area contributed by atoms with Gasteiger partial charge >= 0.3 is 6.03 Å². The van der Waals surface area contributed by atoms with E-state index in [0.717, 1.165) is 11.3 Å². The van der Waals surface area contributed by atoms with Crippen LogP contribution in [0.2, 0.25) is 10.0 Å². The number of hydrogen-bond donors (Lipinski definition) is 1. The molecule has 0 saturated carbocycles. The first-order chi connectivity index (χ1) is 12.8. The molecule has 2 aromatic rings. The van der Waals surface area contributed by atoms with Crippen LogP contribution in [0.15, 0.2) is 30.3 Å². The second-order valence-electron chi connectivity index (χ2n) is 6.34. The quantitative estimate of drug-likeness (QED) is 0.708. The molecule has 0 radical (unpaired) electrons. The van der Waals surface area contributed by atoms with Crippen LogP contribution in [0.25, 0.3) is 0 Å². The maximum Gasteiger partial charge on any atom is 0.329 e. The Morgan fingerprint density at radius 1 is 1.11 bits per heavy atom. The van der Waals surface area contributed by atoms with E-state index < -0.39 is 6.03 Å². The largest absolute Gasteiger partial charge is 0.496 e. The van der Waals surface area contributed by atoms with Gasteiger partial charge in [-0.25, -0.2) is 4.79 Å². The third-order valence-electron chi connectivity index (χ3n) is 4.13. The molecular formula is C19H18Cl2N2O4. The van der Waals surface area contributed by atoms with Crippen LogP contribution in [-0.4, -0.2) is 25.6 Å². The number of urea groups is 1. The van der Waals surface area contributed by atoms with Crippen LogP contribution in [0.3, 0.4) is 0 Å². The predicted molar refractivity (Wildman–Crippen MR) is 105 cm³/mol. The maximum absolute atomic E-state index is 11.8. The van der Waals surface area contributed by atoms with E-state index in [0.29, 0.717) is 11.4 Å². The topological polar surface area (TPSA) is 67.9 Å². The molecule has 8 heteroatoms. The normalized spacial score (nSPS) is 13.9. The third kappa shape index (κ3) is 3.96. The summed E-state index contributed by atoms with van der Waals surface area (Å²) in [6.45, 7) is 4.03. The Morgan fingerprint density at radius 2 is 1.78 bits per heavy atom. The number of anilines is 1. The summed E-state index contributed by atoms with van der Waals surface area (Å²) in [4.78, 5) is 24.4. The number of carbonyl (C=O) groups is 2. The lowest BCUT2D eigenvalue weighted by Crippen LogP contribution is -2.27. The lowest BCUT2D eigenvalue weighted by molar-refractivity contribution is -0.117. The van der Waals surface area contributed by atoms with Gasteiger partial charge in [0.15, 0.2) is 5.75 Å².